The van der Waals surface area contributed by atoms with E-state index in [-0.39, 0.29) is 91.4 Å². The van der Waals surface area contributed by atoms with E-state index in [1.807, 2.05) is 84.9 Å². The third-order valence-corrected chi connectivity index (χ3v) is 10.1. The predicted octanol–water partition coefficient (Wildman–Crippen LogP) is 11.3. The molecule has 0 aliphatic carbocycles. The van der Waals surface area contributed by atoms with Gasteiger partial charge in [0.1, 0.15) is 0 Å². The molecule has 0 amide bonds. The molecule has 2 aromatic heterocycles. The quantitative estimate of drug-likeness (QED) is 0.0596. The van der Waals surface area contributed by atoms with Crippen LogP contribution in [0, 0.1) is 79.9 Å². The number of fused-ring (bicyclic) bond motifs is 2. The van der Waals surface area contributed by atoms with Crippen molar-refractivity contribution in [3.05, 3.63) is 177 Å². The number of aliphatic imine (C=N–C) groups is 2. The topological polar surface area (TPSA) is 257 Å². The van der Waals surface area contributed by atoms with Gasteiger partial charge in [-0.05, 0) is 119 Å². The molecule has 0 saturated heterocycles. The number of alkyl halides is 24. The third kappa shape index (κ3) is 34.2. The summed E-state index contributed by atoms with van der Waals surface area (Å²) in [6.07, 6.45) is -44.4. The van der Waals surface area contributed by atoms with E-state index in [2.05, 4.69) is 51.8 Å². The molecule has 510 valence electrons. The molecule has 0 bridgehead atoms. The van der Waals surface area contributed by atoms with Crippen molar-refractivity contribution in [2.75, 3.05) is 0 Å². The Morgan fingerprint density at radius 3 is 0.766 bits per heavy atom. The smallest absolute Gasteiger partial charge is 0.871 e. The van der Waals surface area contributed by atoms with Crippen molar-refractivity contribution < 1.29 is 235 Å². The van der Waals surface area contributed by atoms with Gasteiger partial charge in [-0.25, -0.2) is 9.97 Å². The zero-order valence-corrected chi connectivity index (χ0v) is 52.0. The summed E-state index contributed by atoms with van der Waals surface area (Å²) in [6.45, 7) is 0. The molecule has 4 aromatic carbocycles. The van der Waals surface area contributed by atoms with Gasteiger partial charge in [0.15, 0.2) is 0 Å². The van der Waals surface area contributed by atoms with Crippen LogP contribution in [0.5, 0.6) is 11.5 Å². The Morgan fingerprint density at radius 2 is 0.564 bits per heavy atom. The van der Waals surface area contributed by atoms with Crippen LogP contribution < -0.4 is 30.6 Å². The number of allylic oxidation sites excluding steroid dienone is 8. The maximum absolute atomic E-state index is 11.7. The van der Waals surface area contributed by atoms with Crippen LogP contribution in [-0.2, 0) is 19.2 Å². The Morgan fingerprint density at radius 1 is 0.340 bits per heavy atom. The number of benzene rings is 4. The molecule has 0 N–H and O–H groups in total. The van der Waals surface area contributed by atoms with E-state index in [1.165, 1.54) is 12.1 Å². The molecule has 2 radical (unpaired) electrons. The molecule has 6 rings (SSSR count). The number of hydrogen-bond donors (Lipinski definition) is 0. The number of halogens is 26. The monoisotopic (exact) mass is 1790 g/mol. The van der Waals surface area contributed by atoms with Crippen LogP contribution in [0.2, 0.25) is 0 Å². The molecule has 94 heavy (non-hydrogen) atoms. The Balaban J connectivity index is 0. The largest absolute Gasteiger partial charge is 3.00 e. The Hall–Kier alpha value is -6.59. The van der Waals surface area contributed by atoms with Crippen LogP contribution in [0.4, 0.5) is 117 Å². The normalized spacial score (nSPS) is 12.8. The van der Waals surface area contributed by atoms with Crippen LogP contribution >= 0.6 is 31.9 Å². The second-order valence-electron chi connectivity index (χ2n) is 16.1. The van der Waals surface area contributed by atoms with Crippen LogP contribution in [-0.4, -0.2) is 94.9 Å². The van der Waals surface area contributed by atoms with Gasteiger partial charge in [0.25, 0.3) is 23.1 Å². The van der Waals surface area contributed by atoms with Gasteiger partial charge in [0.2, 0.25) is 0 Å². The summed E-state index contributed by atoms with van der Waals surface area (Å²) in [7, 11) is 0. The number of pyridine rings is 2. The number of ketones is 4. The van der Waals surface area contributed by atoms with Gasteiger partial charge >= 0.3 is 129 Å². The molecule has 0 atom stereocenters. The molecule has 42 heteroatoms. The van der Waals surface area contributed by atoms with Crippen molar-refractivity contribution in [1.82, 2.24) is 9.97 Å². The van der Waals surface area contributed by atoms with E-state index in [9.17, 15) is 155 Å². The van der Waals surface area contributed by atoms with Crippen molar-refractivity contribution in [1.29, 1.82) is 0 Å². The molecular formula is C52H24Br2F24Gd2N4O10. The second-order valence-corrected chi connectivity index (χ2v) is 17.9. The third-order valence-electron chi connectivity index (χ3n) is 9.04. The first kappa shape index (κ1) is 89.5. The maximum atomic E-state index is 11.7. The van der Waals surface area contributed by atoms with E-state index in [0.29, 0.717) is 22.4 Å². The van der Waals surface area contributed by atoms with E-state index in [4.69, 9.17) is 0 Å². The van der Waals surface area contributed by atoms with Gasteiger partial charge in [-0.3, -0.25) is 29.2 Å². The Bertz CT molecular complexity index is 3370. The molecule has 0 aliphatic rings. The van der Waals surface area contributed by atoms with Crippen molar-refractivity contribution >= 4 is 101 Å². The fourth-order valence-corrected chi connectivity index (χ4v) is 5.41. The van der Waals surface area contributed by atoms with E-state index in [1.54, 1.807) is 24.6 Å². The molecule has 0 fully saturated rings. The Labute approximate surface area is 588 Å². The van der Waals surface area contributed by atoms with Crippen molar-refractivity contribution in [2.45, 2.75) is 49.4 Å². The first-order valence-electron chi connectivity index (χ1n) is 22.7. The molecular weight excluding hydrogens is 1770 g/mol. The van der Waals surface area contributed by atoms with Crippen LogP contribution in [0.25, 0.3) is 21.8 Å². The number of rotatable bonds is 8. The van der Waals surface area contributed by atoms with E-state index in [0.717, 1.165) is 31.1 Å². The van der Waals surface area contributed by atoms with Gasteiger partial charge in [-0.2, -0.15) is 105 Å². The van der Waals surface area contributed by atoms with E-state index < -0.39 is 120 Å². The number of aromatic nitrogens is 2. The first-order valence-corrected chi connectivity index (χ1v) is 24.2. The summed E-state index contributed by atoms with van der Waals surface area (Å²) in [6, 6.07) is 33.0. The van der Waals surface area contributed by atoms with Crippen molar-refractivity contribution in [3.8, 4) is 11.5 Å². The van der Waals surface area contributed by atoms with Crippen LogP contribution in [0.3, 0.4) is 0 Å². The molecule has 14 nitrogen and oxygen atoms in total. The number of para-hydroxylation sites is 2. The van der Waals surface area contributed by atoms with Crippen LogP contribution in [0.15, 0.2) is 175 Å². The molecule has 0 saturated carbocycles. The van der Waals surface area contributed by atoms with Crippen LogP contribution in [0.1, 0.15) is 11.4 Å². The summed E-state index contributed by atoms with van der Waals surface area (Å²) >= 11 is 6.76. The average molecular weight is 1800 g/mol. The summed E-state index contributed by atoms with van der Waals surface area (Å²) < 4.78 is 273. The zero-order chi connectivity index (χ0) is 71.3. The number of carbonyl (C=O) groups is 4. The van der Waals surface area contributed by atoms with Gasteiger partial charge in [-0.1, -0.05) is 91.9 Å². The number of hydrogen-bond acceptors (Lipinski definition) is 14. The van der Waals surface area contributed by atoms with Gasteiger partial charge < -0.3 is 30.6 Å². The fraction of sp³-hybridized carbons (Fsp3) is 0.154. The first-order chi connectivity index (χ1) is 41.6. The second kappa shape index (κ2) is 37.6. The predicted molar refractivity (Wildman–Crippen MR) is 266 cm³/mol. The number of carbonyl (C=O) groups excluding carboxylic acids is 4. The average Bonchev–Trinajstić information content (AvgIpc) is 0.837. The van der Waals surface area contributed by atoms with Gasteiger partial charge in [0.05, 0.1) is 46.2 Å². The summed E-state index contributed by atoms with van der Waals surface area (Å²) in [5.74, 6) is -22.7. The molecule has 0 spiro atoms. The molecule has 6 aromatic rings. The summed E-state index contributed by atoms with van der Waals surface area (Å²) in [4.78, 5) is 56.6. The maximum Gasteiger partial charge on any atom is 3.00 e. The molecule has 2 heterocycles. The van der Waals surface area contributed by atoms with Gasteiger partial charge in [0, 0.05) is 8.95 Å². The SMILES string of the molecule is O=C(/C=C(\[O-])C(F)(F)F)C(F)(F)F.O=C(/C=C(\[O-])C(F)(F)F)C(F)(F)F.O=C(/C=C(\[O-])C(F)(F)F)C(F)(F)F.O=C(/C=C(\[O-])C(F)(F)F)C(F)(F)F.[Gd+3].[Gd+3].[O-]c1cccc2ccc(C=Nc3ccc(Br)cc3)nc12.[O-]c1cccc2ccc(C=Nc3ccc(Br)cc3)nc12. The van der Waals surface area contributed by atoms with Crippen molar-refractivity contribution in [2.24, 2.45) is 9.98 Å². The molecule has 0 unspecified atom stereocenters. The molecule has 0 aliphatic heterocycles. The summed E-state index contributed by atoms with van der Waals surface area (Å²) in [5.41, 5.74) is 3.97. The minimum Gasteiger partial charge on any atom is -0.871 e. The number of nitrogens with zero attached hydrogens (tertiary/aromatic N) is 4. The minimum absolute atomic E-state index is 0. The minimum atomic E-state index is -5.46. The van der Waals surface area contributed by atoms with Gasteiger partial charge in [-0.15, -0.1) is 0 Å². The fourth-order valence-electron chi connectivity index (χ4n) is 4.88. The standard InChI is InChI=1S/2C16H11BrN2O.4C5H2F6O2.2Gd/c2*17-12-5-8-13(9-6-12)18-10-14-7-4-11-2-1-3-15(20)16(11)19-14;4*6-4(7,8)2(12)1-3(13)5(9,10)11;;/h2*1-10,20H;4*1,12H;;/q;;;;;;2*+3/p-6/b;;4*2-1-;;. The zero-order valence-electron chi connectivity index (χ0n) is 44.3. The Kier molecular flexibility index (Phi) is 35.8. The van der Waals surface area contributed by atoms with Crippen molar-refractivity contribution in [3.63, 3.8) is 0 Å². The summed E-state index contributed by atoms with van der Waals surface area (Å²) in [5, 5.41) is 64.4. The van der Waals surface area contributed by atoms with E-state index >= 15 is 0 Å².